The van der Waals surface area contributed by atoms with Crippen LogP contribution in [0.4, 0.5) is 0 Å². The number of aromatic nitrogens is 2. The minimum Gasteiger partial charge on any atom is -0.454 e. The number of ether oxygens (including phenoxy) is 2. The first kappa shape index (κ1) is 27.7. The van der Waals surface area contributed by atoms with Gasteiger partial charge in [-0.2, -0.15) is 0 Å². The molecule has 0 atom stereocenters. The monoisotopic (exact) mass is 624 g/mol. The van der Waals surface area contributed by atoms with Crippen molar-refractivity contribution in [2.45, 2.75) is 13.8 Å². The average Bonchev–Trinajstić information content (AvgIpc) is 3.12. The van der Waals surface area contributed by atoms with Crippen molar-refractivity contribution in [2.24, 2.45) is 0 Å². The fourth-order valence-electron chi connectivity index (χ4n) is 6.67. The Morgan fingerprint density at radius 2 is 0.915 bits per heavy atom. The van der Waals surface area contributed by atoms with E-state index in [0.29, 0.717) is 0 Å². The van der Waals surface area contributed by atoms with Crippen LogP contribution in [-0.4, -0.2) is 9.97 Å². The van der Waals surface area contributed by atoms with Gasteiger partial charge in [-0.15, -0.1) is 0 Å². The summed E-state index contributed by atoms with van der Waals surface area (Å²) in [7, 11) is -1.10. The number of hydrogen-bond donors (Lipinski definition) is 0. The van der Waals surface area contributed by atoms with Crippen LogP contribution in [0.2, 0.25) is 0 Å². The lowest BCUT2D eigenvalue weighted by atomic mass is 9.99. The Labute approximate surface area is 275 Å². The van der Waals surface area contributed by atoms with E-state index >= 15 is 0 Å². The molecule has 5 aromatic carbocycles. The molecule has 0 saturated heterocycles. The Morgan fingerprint density at radius 3 is 1.36 bits per heavy atom. The van der Waals surface area contributed by atoms with Crippen molar-refractivity contribution in [2.75, 3.05) is 0 Å². The highest BCUT2D eigenvalue weighted by Crippen LogP contribution is 2.59. The molecule has 0 bridgehead atoms. The van der Waals surface area contributed by atoms with Gasteiger partial charge in [0.2, 0.25) is 0 Å². The molecule has 2 aliphatic heterocycles. The second kappa shape index (κ2) is 11.0. The summed E-state index contributed by atoms with van der Waals surface area (Å²) in [5, 5.41) is 3.40. The Bertz CT molecular complexity index is 2180. The Kier molecular flexibility index (Phi) is 6.51. The van der Waals surface area contributed by atoms with Gasteiger partial charge in [0.15, 0.2) is 0 Å². The third-order valence-corrected chi connectivity index (χ3v) is 11.4. The van der Waals surface area contributed by atoms with E-state index in [0.717, 1.165) is 84.2 Å². The molecule has 47 heavy (non-hydrogen) atoms. The summed E-state index contributed by atoms with van der Waals surface area (Å²) in [4.78, 5) is 9.74. The molecule has 4 nitrogen and oxygen atoms in total. The summed E-state index contributed by atoms with van der Waals surface area (Å²) in [5.74, 6) is 3.37. The highest BCUT2D eigenvalue weighted by Gasteiger charge is 2.42. The summed E-state index contributed by atoms with van der Waals surface area (Å²) >= 11 is 0. The van der Waals surface area contributed by atoms with Crippen LogP contribution in [-0.2, 0) is 0 Å². The number of pyridine rings is 2. The van der Waals surface area contributed by atoms with E-state index in [-0.39, 0.29) is 0 Å². The smallest absolute Gasteiger partial charge is 0.149 e. The maximum atomic E-state index is 7.16. The molecule has 0 radical (unpaired) electrons. The molecule has 4 heterocycles. The predicted molar refractivity (Wildman–Crippen MR) is 192 cm³/mol. The SMILES string of the molecule is Cc1ccnc(-c2cc(-c3cc(C)ccn3)c3c4c2Oc2c(-c5ccccc5)cccc2P4c2cccc(-c4ccccc4)c2O3)c1. The predicted octanol–water partition coefficient (Wildman–Crippen LogP) is 9.73. The van der Waals surface area contributed by atoms with Gasteiger partial charge in [-0.25, -0.2) is 0 Å². The lowest BCUT2D eigenvalue weighted by molar-refractivity contribution is 0.470. The number of nitrogens with zero attached hydrogens (tertiary/aromatic N) is 2. The highest BCUT2D eigenvalue weighted by atomic mass is 31.1. The molecule has 5 heteroatoms. The third kappa shape index (κ3) is 4.56. The van der Waals surface area contributed by atoms with Crippen molar-refractivity contribution in [1.82, 2.24) is 9.97 Å². The standard InChI is InChI=1S/C42H29N2O2P/c1-26-19-21-43-34(23-26)32-25-33(35-24-27(2)20-22-44-35)41-42-40(32)45-38-30(28-11-5-3-6-12-28)15-9-17-36(38)47(42)37-18-10-16-31(39(37)46-41)29-13-7-4-8-14-29/h3-25H,1-2H3. The van der Waals surface area contributed by atoms with Gasteiger partial charge in [-0.05, 0) is 66.4 Å². The lowest BCUT2D eigenvalue weighted by Gasteiger charge is -2.38. The lowest BCUT2D eigenvalue weighted by Crippen LogP contribution is -2.33. The molecule has 2 aliphatic rings. The second-order valence-electron chi connectivity index (χ2n) is 12.0. The van der Waals surface area contributed by atoms with E-state index < -0.39 is 7.92 Å². The van der Waals surface area contributed by atoms with E-state index in [9.17, 15) is 0 Å². The third-order valence-electron chi connectivity index (χ3n) is 8.86. The fourth-order valence-corrected chi connectivity index (χ4v) is 9.36. The van der Waals surface area contributed by atoms with Crippen LogP contribution in [0.1, 0.15) is 11.1 Å². The van der Waals surface area contributed by atoms with Crippen molar-refractivity contribution in [3.8, 4) is 67.8 Å². The molecule has 9 rings (SSSR count). The van der Waals surface area contributed by atoms with Crippen molar-refractivity contribution >= 4 is 23.8 Å². The molecule has 0 fully saturated rings. The average molecular weight is 625 g/mol. The van der Waals surface area contributed by atoms with Gasteiger partial charge < -0.3 is 9.47 Å². The zero-order chi connectivity index (χ0) is 31.5. The molecule has 2 aromatic heterocycles. The molecular formula is C42H29N2O2P. The van der Waals surface area contributed by atoms with Crippen molar-refractivity contribution < 1.29 is 9.47 Å². The van der Waals surface area contributed by atoms with Crippen LogP contribution in [0.5, 0.6) is 23.0 Å². The number of benzene rings is 5. The summed E-state index contributed by atoms with van der Waals surface area (Å²) in [6.45, 7) is 4.19. The first-order chi connectivity index (χ1) is 23.1. The summed E-state index contributed by atoms with van der Waals surface area (Å²) in [6, 6.07) is 44.6. The van der Waals surface area contributed by atoms with E-state index in [2.05, 4.69) is 117 Å². The van der Waals surface area contributed by atoms with Crippen molar-refractivity contribution in [3.63, 3.8) is 0 Å². The zero-order valence-electron chi connectivity index (χ0n) is 25.9. The Hall–Kier alpha value is -5.57. The number of fused-ring (bicyclic) bond motifs is 4. The number of aryl methyl sites for hydroxylation is 2. The summed E-state index contributed by atoms with van der Waals surface area (Å²) in [5.41, 5.74) is 10.2. The highest BCUT2D eigenvalue weighted by molar-refractivity contribution is 7.80. The molecule has 0 saturated carbocycles. The number of hydrogen-bond acceptors (Lipinski definition) is 4. The molecule has 0 spiro atoms. The number of para-hydroxylation sites is 2. The van der Waals surface area contributed by atoms with E-state index in [1.54, 1.807) is 0 Å². The first-order valence-electron chi connectivity index (χ1n) is 15.7. The van der Waals surface area contributed by atoms with Gasteiger partial charge in [-0.3, -0.25) is 9.97 Å². The number of rotatable bonds is 4. The molecule has 0 N–H and O–H groups in total. The van der Waals surface area contributed by atoms with Crippen LogP contribution >= 0.6 is 7.92 Å². The fraction of sp³-hybridized carbons (Fsp3) is 0.0476. The second-order valence-corrected chi connectivity index (χ2v) is 14.1. The molecule has 0 amide bonds. The molecule has 224 valence electrons. The van der Waals surface area contributed by atoms with Crippen LogP contribution in [0.15, 0.2) is 140 Å². The van der Waals surface area contributed by atoms with Crippen LogP contribution in [0.25, 0.3) is 44.8 Å². The van der Waals surface area contributed by atoms with E-state index in [4.69, 9.17) is 19.4 Å². The van der Waals surface area contributed by atoms with Crippen LogP contribution < -0.4 is 25.4 Å². The van der Waals surface area contributed by atoms with Gasteiger partial charge in [0.1, 0.15) is 23.0 Å². The maximum absolute atomic E-state index is 7.16. The van der Waals surface area contributed by atoms with Gasteiger partial charge in [-0.1, -0.05) is 97.1 Å². The molecule has 7 aromatic rings. The van der Waals surface area contributed by atoms with Gasteiger partial charge in [0.25, 0.3) is 0 Å². The van der Waals surface area contributed by atoms with Crippen LogP contribution in [0.3, 0.4) is 0 Å². The molecule has 0 unspecified atom stereocenters. The van der Waals surface area contributed by atoms with Gasteiger partial charge >= 0.3 is 0 Å². The molecular weight excluding hydrogens is 595 g/mol. The minimum absolute atomic E-state index is 0.798. The van der Waals surface area contributed by atoms with Crippen molar-refractivity contribution in [1.29, 1.82) is 0 Å². The zero-order valence-corrected chi connectivity index (χ0v) is 26.8. The largest absolute Gasteiger partial charge is 0.454 e. The Balaban J connectivity index is 1.41. The first-order valence-corrected chi connectivity index (χ1v) is 17.1. The quantitative estimate of drug-likeness (QED) is 0.183. The van der Waals surface area contributed by atoms with E-state index in [1.165, 1.54) is 10.6 Å². The minimum atomic E-state index is -1.10. The maximum Gasteiger partial charge on any atom is 0.149 e. The normalized spacial score (nSPS) is 12.7. The molecule has 0 aliphatic carbocycles. The Morgan fingerprint density at radius 1 is 0.447 bits per heavy atom. The van der Waals surface area contributed by atoms with Crippen LogP contribution in [0, 0.1) is 13.8 Å². The summed E-state index contributed by atoms with van der Waals surface area (Å²) < 4.78 is 14.3. The summed E-state index contributed by atoms with van der Waals surface area (Å²) in [6.07, 6.45) is 3.74. The van der Waals surface area contributed by atoms with Gasteiger partial charge in [0.05, 0.1) is 16.7 Å². The topological polar surface area (TPSA) is 44.2 Å². The van der Waals surface area contributed by atoms with E-state index in [1.807, 2.05) is 36.7 Å². The van der Waals surface area contributed by atoms with Gasteiger partial charge in [0, 0.05) is 53.2 Å². The van der Waals surface area contributed by atoms with Crippen molar-refractivity contribution in [3.05, 3.63) is 151 Å².